The zero-order chi connectivity index (χ0) is 17.6. The summed E-state index contributed by atoms with van der Waals surface area (Å²) in [6, 6.07) is 7.99. The van der Waals surface area contributed by atoms with Crippen LogP contribution >= 0.6 is 12.2 Å². The van der Waals surface area contributed by atoms with E-state index in [-0.39, 0.29) is 18.6 Å². The number of nitrogens with zero attached hydrogens (tertiary/aromatic N) is 2. The van der Waals surface area contributed by atoms with Gasteiger partial charge in [-0.25, -0.2) is 10.3 Å². The van der Waals surface area contributed by atoms with Crippen molar-refractivity contribution in [2.75, 3.05) is 6.61 Å². The molecule has 0 saturated carbocycles. The summed E-state index contributed by atoms with van der Waals surface area (Å²) < 4.78 is 7.72. The number of benzene rings is 1. The van der Waals surface area contributed by atoms with Crippen molar-refractivity contribution in [3.05, 3.63) is 34.6 Å². The topological polar surface area (TPSA) is 81.2 Å². The highest BCUT2D eigenvalue weighted by molar-refractivity contribution is 7.71. The first-order valence-corrected chi connectivity index (χ1v) is 8.82. The molecular weight excluding hydrogens is 340 g/mol. The van der Waals surface area contributed by atoms with Crippen LogP contribution in [-0.4, -0.2) is 33.6 Å². The van der Waals surface area contributed by atoms with Crippen molar-refractivity contribution in [2.45, 2.75) is 45.4 Å². The lowest BCUT2D eigenvalue weighted by molar-refractivity contribution is -0.200. The van der Waals surface area contributed by atoms with Crippen molar-refractivity contribution in [1.29, 1.82) is 0 Å². The van der Waals surface area contributed by atoms with E-state index in [2.05, 4.69) is 15.7 Å². The van der Waals surface area contributed by atoms with Gasteiger partial charge in [0.1, 0.15) is 0 Å². The van der Waals surface area contributed by atoms with Crippen molar-refractivity contribution < 1.29 is 14.4 Å². The molecule has 2 heterocycles. The Morgan fingerprint density at radius 3 is 3.16 bits per heavy atom. The standard InChI is InChI=1S/C17H22N4O3S/c1-12-5-4-6-13(11-12)16-18-19-17(25)21(16)9-8-14(22)20-24-15-7-2-3-10-23-15/h4-6,11,15H,2-3,7-10H2,1H3,(H,19,25)(H,20,22). The van der Waals surface area contributed by atoms with Crippen LogP contribution in [0.1, 0.15) is 31.2 Å². The van der Waals surface area contributed by atoms with E-state index in [4.69, 9.17) is 21.8 Å². The molecule has 2 aromatic rings. The average molecular weight is 362 g/mol. The molecular formula is C17H22N4O3S. The molecule has 1 aromatic heterocycles. The van der Waals surface area contributed by atoms with Crippen LogP contribution in [-0.2, 0) is 20.9 Å². The maximum Gasteiger partial charge on any atom is 0.245 e. The minimum atomic E-state index is -0.350. The van der Waals surface area contributed by atoms with E-state index in [0.717, 1.165) is 36.2 Å². The highest BCUT2D eigenvalue weighted by Gasteiger charge is 2.16. The number of aryl methyl sites for hydroxylation is 1. The summed E-state index contributed by atoms with van der Waals surface area (Å²) in [7, 11) is 0. The van der Waals surface area contributed by atoms with Gasteiger partial charge in [0.25, 0.3) is 0 Å². The van der Waals surface area contributed by atoms with Crippen LogP contribution < -0.4 is 5.48 Å². The van der Waals surface area contributed by atoms with Crippen LogP contribution in [0.3, 0.4) is 0 Å². The summed E-state index contributed by atoms with van der Waals surface area (Å²) in [6.07, 6.45) is 2.76. The molecule has 2 N–H and O–H groups in total. The van der Waals surface area contributed by atoms with Gasteiger partial charge in [0.05, 0.1) is 0 Å². The highest BCUT2D eigenvalue weighted by Crippen LogP contribution is 2.19. The maximum atomic E-state index is 12.0. The Bertz CT molecular complexity index is 780. The largest absolute Gasteiger partial charge is 0.350 e. The fourth-order valence-corrected chi connectivity index (χ4v) is 2.95. The van der Waals surface area contributed by atoms with Crippen LogP contribution in [0.15, 0.2) is 24.3 Å². The Balaban J connectivity index is 1.58. The number of hydroxylamine groups is 1. The first kappa shape index (κ1) is 17.8. The number of ether oxygens (including phenoxy) is 1. The van der Waals surface area contributed by atoms with E-state index < -0.39 is 0 Å². The van der Waals surface area contributed by atoms with Gasteiger partial charge in [0, 0.05) is 31.6 Å². The van der Waals surface area contributed by atoms with Crippen molar-refractivity contribution >= 4 is 18.1 Å². The van der Waals surface area contributed by atoms with Crippen LogP contribution in [0, 0.1) is 11.7 Å². The van der Waals surface area contributed by atoms with Gasteiger partial charge in [0.2, 0.25) is 5.91 Å². The van der Waals surface area contributed by atoms with E-state index in [1.165, 1.54) is 0 Å². The van der Waals surface area contributed by atoms with E-state index in [9.17, 15) is 4.79 Å². The third kappa shape index (κ3) is 4.75. The zero-order valence-electron chi connectivity index (χ0n) is 14.2. The Hall–Kier alpha value is -2.03. The van der Waals surface area contributed by atoms with Gasteiger partial charge < -0.3 is 4.74 Å². The van der Waals surface area contributed by atoms with E-state index in [1.54, 1.807) is 0 Å². The van der Waals surface area contributed by atoms with Crippen molar-refractivity contribution in [2.24, 2.45) is 0 Å². The number of H-pyrrole nitrogens is 1. The molecule has 0 radical (unpaired) electrons. The molecule has 8 heteroatoms. The number of carbonyl (C=O) groups is 1. The molecule has 1 fully saturated rings. The van der Waals surface area contributed by atoms with Crippen LogP contribution in [0.2, 0.25) is 0 Å². The number of nitrogens with one attached hydrogen (secondary N) is 2. The van der Waals surface area contributed by atoms with Crippen LogP contribution in [0.25, 0.3) is 11.4 Å². The maximum absolute atomic E-state index is 12.0. The fraction of sp³-hybridized carbons (Fsp3) is 0.471. The second-order valence-electron chi connectivity index (χ2n) is 6.06. The Morgan fingerprint density at radius 2 is 2.40 bits per heavy atom. The van der Waals surface area contributed by atoms with Crippen LogP contribution in [0.5, 0.6) is 0 Å². The van der Waals surface area contributed by atoms with Gasteiger partial charge in [-0.15, -0.1) is 0 Å². The van der Waals surface area contributed by atoms with Gasteiger partial charge in [-0.1, -0.05) is 23.8 Å². The number of aromatic nitrogens is 3. The van der Waals surface area contributed by atoms with Gasteiger partial charge in [-0.05, 0) is 38.0 Å². The molecule has 1 atom stereocenters. The number of hydrogen-bond acceptors (Lipinski definition) is 5. The summed E-state index contributed by atoms with van der Waals surface area (Å²) in [4.78, 5) is 17.3. The van der Waals surface area contributed by atoms with Crippen molar-refractivity contribution in [1.82, 2.24) is 20.2 Å². The van der Waals surface area contributed by atoms with Gasteiger partial charge >= 0.3 is 0 Å². The molecule has 1 aliphatic rings. The molecule has 1 unspecified atom stereocenters. The lowest BCUT2D eigenvalue weighted by Gasteiger charge is -2.22. The molecule has 0 aliphatic carbocycles. The second kappa shape index (κ2) is 8.37. The molecule has 1 aliphatic heterocycles. The first-order valence-electron chi connectivity index (χ1n) is 8.42. The number of rotatable bonds is 6. The number of amides is 1. The third-order valence-corrected chi connectivity index (χ3v) is 4.35. The third-order valence-electron chi connectivity index (χ3n) is 4.04. The van der Waals surface area contributed by atoms with E-state index in [0.29, 0.717) is 17.9 Å². The summed E-state index contributed by atoms with van der Waals surface area (Å²) in [5, 5.41) is 7.08. The molecule has 25 heavy (non-hydrogen) atoms. The van der Waals surface area contributed by atoms with Crippen LogP contribution in [0.4, 0.5) is 0 Å². The Kier molecular flexibility index (Phi) is 5.95. The Morgan fingerprint density at radius 1 is 1.52 bits per heavy atom. The lowest BCUT2D eigenvalue weighted by atomic mass is 10.1. The van der Waals surface area contributed by atoms with Gasteiger partial charge in [0.15, 0.2) is 16.9 Å². The molecule has 1 saturated heterocycles. The number of hydrogen-bond donors (Lipinski definition) is 2. The lowest BCUT2D eigenvalue weighted by Crippen LogP contribution is -2.33. The average Bonchev–Trinajstić information content (AvgIpc) is 3.00. The summed E-state index contributed by atoms with van der Waals surface area (Å²) in [5.41, 5.74) is 4.55. The molecule has 134 valence electrons. The minimum Gasteiger partial charge on any atom is -0.350 e. The zero-order valence-corrected chi connectivity index (χ0v) is 15.0. The molecule has 3 rings (SSSR count). The highest BCUT2D eigenvalue weighted by atomic mass is 32.1. The van der Waals surface area contributed by atoms with Gasteiger partial charge in [-0.3, -0.25) is 14.5 Å². The normalized spacial score (nSPS) is 17.4. The van der Waals surface area contributed by atoms with Gasteiger partial charge in [-0.2, -0.15) is 5.10 Å². The summed E-state index contributed by atoms with van der Waals surface area (Å²) in [6.45, 7) is 3.11. The Labute approximate surface area is 151 Å². The second-order valence-corrected chi connectivity index (χ2v) is 6.45. The van der Waals surface area contributed by atoms with E-state index in [1.807, 2.05) is 35.8 Å². The summed E-state index contributed by atoms with van der Waals surface area (Å²) >= 11 is 5.29. The predicted octanol–water partition coefficient (Wildman–Crippen LogP) is 2.88. The first-order chi connectivity index (χ1) is 12.1. The molecule has 7 nitrogen and oxygen atoms in total. The predicted molar refractivity (Wildman–Crippen MR) is 95.0 cm³/mol. The molecule has 0 bridgehead atoms. The van der Waals surface area contributed by atoms with E-state index >= 15 is 0 Å². The molecule has 0 spiro atoms. The minimum absolute atomic E-state index is 0.215. The van der Waals surface area contributed by atoms with Crippen molar-refractivity contribution in [3.8, 4) is 11.4 Å². The number of aromatic amines is 1. The van der Waals surface area contributed by atoms with Crippen molar-refractivity contribution in [3.63, 3.8) is 0 Å². The SMILES string of the molecule is Cc1cccc(-c2n[nH]c(=S)n2CCC(=O)NOC2CCCCO2)c1. The quantitative estimate of drug-likeness (QED) is 0.610. The molecule has 1 aromatic carbocycles. The number of carbonyl (C=O) groups excluding carboxylic acids is 1. The summed E-state index contributed by atoms with van der Waals surface area (Å²) in [5.74, 6) is 0.505. The molecule has 1 amide bonds. The monoisotopic (exact) mass is 362 g/mol. The smallest absolute Gasteiger partial charge is 0.245 e. The fourth-order valence-electron chi connectivity index (χ4n) is 2.73.